The van der Waals surface area contributed by atoms with E-state index in [-0.39, 0.29) is 5.92 Å². The normalized spacial score (nSPS) is 19.8. The minimum atomic E-state index is -0.427. The minimum Gasteiger partial charge on any atom is -0.406 e. The molecule has 0 radical (unpaired) electrons. The quantitative estimate of drug-likeness (QED) is 0.918. The molecule has 6 nitrogen and oxygen atoms in total. The Hall–Kier alpha value is -2.24. The number of carbonyl (C=O) groups excluding carboxylic acids is 1. The molecule has 0 bridgehead atoms. The lowest BCUT2D eigenvalue weighted by atomic mass is 9.88. The van der Waals surface area contributed by atoms with Crippen molar-refractivity contribution in [3.05, 3.63) is 28.7 Å². The smallest absolute Gasteiger partial charge is 0.406 e. The highest BCUT2D eigenvalue weighted by Crippen LogP contribution is 2.28. The topological polar surface area (TPSA) is 69.6 Å². The number of anilines is 1. The number of aromatic amines is 1. The third-order valence-corrected chi connectivity index (χ3v) is 5.31. The maximum atomic E-state index is 12.7. The maximum absolute atomic E-state index is 12.7. The molecular weight excluding hydrogens is 306 g/mol. The van der Waals surface area contributed by atoms with Crippen LogP contribution < -0.4 is 10.7 Å². The molecule has 6 heteroatoms. The summed E-state index contributed by atoms with van der Waals surface area (Å²) >= 11 is 0. The first kappa shape index (κ1) is 15.3. The van der Waals surface area contributed by atoms with Crippen molar-refractivity contribution in [3.8, 4) is 0 Å². The molecule has 24 heavy (non-hydrogen) atoms. The molecule has 0 atom stereocenters. The summed E-state index contributed by atoms with van der Waals surface area (Å²) in [4.78, 5) is 31.0. The lowest BCUT2D eigenvalue weighted by Crippen LogP contribution is -2.50. The third kappa shape index (κ3) is 2.81. The Morgan fingerprint density at radius 1 is 1.08 bits per heavy atom. The number of H-pyrrole nitrogens is 1. The second-order valence-corrected chi connectivity index (χ2v) is 6.82. The van der Waals surface area contributed by atoms with E-state index in [0.29, 0.717) is 11.5 Å². The zero-order valence-electron chi connectivity index (χ0n) is 13.8. The molecule has 1 aliphatic heterocycles. The van der Waals surface area contributed by atoms with Gasteiger partial charge in [0.2, 0.25) is 5.91 Å². The van der Waals surface area contributed by atoms with Crippen molar-refractivity contribution in [2.24, 2.45) is 5.92 Å². The number of fused-ring (bicyclic) bond motifs is 1. The van der Waals surface area contributed by atoms with Crippen LogP contribution in [0.25, 0.3) is 11.1 Å². The molecule has 4 rings (SSSR count). The van der Waals surface area contributed by atoms with Crippen molar-refractivity contribution in [3.63, 3.8) is 0 Å². The SMILES string of the molecule is O=C(C1CCCCC1)N1CCN(c2cccc3[nH]c(=O)oc23)CC1. The van der Waals surface area contributed by atoms with Gasteiger partial charge < -0.3 is 14.2 Å². The van der Waals surface area contributed by atoms with Crippen LogP contribution in [0, 0.1) is 5.92 Å². The van der Waals surface area contributed by atoms with E-state index in [9.17, 15) is 9.59 Å². The number of amides is 1. The fourth-order valence-electron chi connectivity index (χ4n) is 3.98. The van der Waals surface area contributed by atoms with Gasteiger partial charge >= 0.3 is 5.76 Å². The van der Waals surface area contributed by atoms with Crippen LogP contribution in [0.15, 0.2) is 27.4 Å². The Kier molecular flexibility index (Phi) is 4.04. The molecule has 2 aliphatic rings. The molecule has 1 amide bonds. The summed E-state index contributed by atoms with van der Waals surface area (Å²) in [6, 6.07) is 5.73. The highest BCUT2D eigenvalue weighted by atomic mass is 16.4. The van der Waals surface area contributed by atoms with Gasteiger partial charge in [0.15, 0.2) is 5.58 Å². The molecule has 0 unspecified atom stereocenters. The first-order valence-electron chi connectivity index (χ1n) is 8.88. The Morgan fingerprint density at radius 2 is 1.83 bits per heavy atom. The highest BCUT2D eigenvalue weighted by Gasteiger charge is 2.29. The fourth-order valence-corrected chi connectivity index (χ4v) is 3.98. The molecular formula is C18H23N3O3. The van der Waals surface area contributed by atoms with Crippen LogP contribution in [0.4, 0.5) is 5.69 Å². The summed E-state index contributed by atoms with van der Waals surface area (Å²) in [7, 11) is 0. The Labute approximate surface area is 140 Å². The lowest BCUT2D eigenvalue weighted by molar-refractivity contribution is -0.136. The predicted molar refractivity (Wildman–Crippen MR) is 92.2 cm³/mol. The van der Waals surface area contributed by atoms with Gasteiger partial charge in [0, 0.05) is 32.1 Å². The fraction of sp³-hybridized carbons (Fsp3) is 0.556. The van der Waals surface area contributed by atoms with Crippen molar-refractivity contribution in [2.75, 3.05) is 31.1 Å². The third-order valence-electron chi connectivity index (χ3n) is 5.31. The van der Waals surface area contributed by atoms with Gasteiger partial charge in [-0.3, -0.25) is 9.78 Å². The lowest BCUT2D eigenvalue weighted by Gasteiger charge is -2.38. The predicted octanol–water partition coefficient (Wildman–Crippen LogP) is 2.35. The molecule has 1 saturated carbocycles. The van der Waals surface area contributed by atoms with E-state index < -0.39 is 5.76 Å². The largest absolute Gasteiger partial charge is 0.417 e. The number of benzene rings is 1. The van der Waals surface area contributed by atoms with E-state index in [4.69, 9.17) is 4.42 Å². The van der Waals surface area contributed by atoms with E-state index in [2.05, 4.69) is 9.88 Å². The monoisotopic (exact) mass is 329 g/mol. The van der Waals surface area contributed by atoms with Gasteiger partial charge in [-0.1, -0.05) is 25.3 Å². The van der Waals surface area contributed by atoms with Gasteiger partial charge in [0.1, 0.15) is 0 Å². The summed E-state index contributed by atoms with van der Waals surface area (Å²) in [5, 5.41) is 0. The molecule has 2 aromatic rings. The number of nitrogens with zero attached hydrogens (tertiary/aromatic N) is 2. The second-order valence-electron chi connectivity index (χ2n) is 6.82. The van der Waals surface area contributed by atoms with Crippen molar-refractivity contribution in [2.45, 2.75) is 32.1 Å². The van der Waals surface area contributed by atoms with Crippen molar-refractivity contribution >= 4 is 22.7 Å². The molecule has 0 spiro atoms. The van der Waals surface area contributed by atoms with Gasteiger partial charge in [0.05, 0.1) is 11.2 Å². The van der Waals surface area contributed by atoms with E-state index in [1.807, 2.05) is 23.1 Å². The summed E-state index contributed by atoms with van der Waals surface area (Å²) in [5.74, 6) is 0.140. The maximum Gasteiger partial charge on any atom is 0.417 e. The van der Waals surface area contributed by atoms with Gasteiger partial charge in [-0.05, 0) is 25.0 Å². The number of aromatic nitrogens is 1. The summed E-state index contributed by atoms with van der Waals surface area (Å²) in [6.45, 7) is 3.01. The number of oxazole rings is 1. The number of piperazine rings is 1. The second kappa shape index (κ2) is 6.34. The molecule has 1 aromatic heterocycles. The summed E-state index contributed by atoms with van der Waals surface area (Å²) in [5.41, 5.74) is 2.25. The van der Waals surface area contributed by atoms with Crippen LogP contribution in [-0.4, -0.2) is 42.0 Å². The minimum absolute atomic E-state index is 0.233. The van der Waals surface area contributed by atoms with E-state index in [1.54, 1.807) is 0 Å². The van der Waals surface area contributed by atoms with E-state index >= 15 is 0 Å². The number of rotatable bonds is 2. The first-order valence-corrected chi connectivity index (χ1v) is 8.88. The van der Waals surface area contributed by atoms with E-state index in [1.165, 1.54) is 19.3 Å². The zero-order valence-corrected chi connectivity index (χ0v) is 13.8. The van der Waals surface area contributed by atoms with Gasteiger partial charge in [0.25, 0.3) is 0 Å². The summed E-state index contributed by atoms with van der Waals surface area (Å²) < 4.78 is 5.29. The van der Waals surface area contributed by atoms with Crippen molar-refractivity contribution in [1.82, 2.24) is 9.88 Å². The molecule has 128 valence electrons. The molecule has 1 aliphatic carbocycles. The van der Waals surface area contributed by atoms with E-state index in [0.717, 1.165) is 50.2 Å². The Bertz CT molecular complexity index is 780. The van der Waals surface area contributed by atoms with Crippen molar-refractivity contribution in [1.29, 1.82) is 0 Å². The Morgan fingerprint density at radius 3 is 2.58 bits per heavy atom. The number of nitrogens with one attached hydrogen (secondary N) is 1. The van der Waals surface area contributed by atoms with Crippen molar-refractivity contribution < 1.29 is 9.21 Å². The number of hydrogen-bond acceptors (Lipinski definition) is 4. The zero-order chi connectivity index (χ0) is 16.5. The number of hydrogen-bond donors (Lipinski definition) is 1. The molecule has 1 N–H and O–H groups in total. The van der Waals surface area contributed by atoms with Gasteiger partial charge in [-0.25, -0.2) is 4.79 Å². The van der Waals surface area contributed by atoms with Gasteiger partial charge in [-0.2, -0.15) is 0 Å². The van der Waals surface area contributed by atoms with Crippen LogP contribution in [0.3, 0.4) is 0 Å². The molecule has 1 aromatic carbocycles. The van der Waals surface area contributed by atoms with Gasteiger partial charge in [-0.15, -0.1) is 0 Å². The van der Waals surface area contributed by atoms with Crippen LogP contribution in [0.5, 0.6) is 0 Å². The van der Waals surface area contributed by atoms with Crippen LogP contribution in [0.2, 0.25) is 0 Å². The molecule has 1 saturated heterocycles. The average molecular weight is 329 g/mol. The summed E-state index contributed by atoms with van der Waals surface area (Å²) in [6.07, 6.45) is 5.74. The highest BCUT2D eigenvalue weighted by molar-refractivity contribution is 5.86. The average Bonchev–Trinajstić information content (AvgIpc) is 3.02. The Balaban J connectivity index is 1.45. The number of carbonyl (C=O) groups is 1. The van der Waals surface area contributed by atoms with Crippen LogP contribution in [-0.2, 0) is 4.79 Å². The van der Waals surface area contributed by atoms with Crippen LogP contribution >= 0.6 is 0 Å². The first-order chi connectivity index (χ1) is 11.7. The van der Waals surface area contributed by atoms with Crippen LogP contribution in [0.1, 0.15) is 32.1 Å². The number of para-hydroxylation sites is 1. The molecule has 2 heterocycles. The molecule has 2 fully saturated rings. The standard InChI is InChI=1S/C18H23N3O3/c22-17(13-5-2-1-3-6-13)21-11-9-20(10-12-21)15-8-4-7-14-16(15)24-18(23)19-14/h4,7-8,13H,1-3,5-6,9-12H2,(H,19,23).